The Bertz CT molecular complexity index is 1240. The molecule has 3 N–H and O–H groups in total. The summed E-state index contributed by atoms with van der Waals surface area (Å²) in [4.78, 5) is 27.2. The maximum atomic E-state index is 13.4. The Hall–Kier alpha value is -4.12. The molecule has 4 aromatic rings. The summed E-state index contributed by atoms with van der Waals surface area (Å²) in [7, 11) is 3.92. The van der Waals surface area contributed by atoms with Crippen molar-refractivity contribution >= 4 is 23.1 Å². The summed E-state index contributed by atoms with van der Waals surface area (Å²) in [6.07, 6.45) is 6.65. The summed E-state index contributed by atoms with van der Waals surface area (Å²) >= 11 is 0. The number of ether oxygens (including phenoxy) is 1. The van der Waals surface area contributed by atoms with E-state index in [2.05, 4.69) is 25.4 Å². The second-order valence-corrected chi connectivity index (χ2v) is 6.95. The van der Waals surface area contributed by atoms with Gasteiger partial charge in [0.25, 0.3) is 5.91 Å². The first-order valence-electron chi connectivity index (χ1n) is 9.23. The number of pyridine rings is 2. The molecule has 0 bridgehead atoms. The highest BCUT2D eigenvalue weighted by molar-refractivity contribution is 6.11. The second kappa shape index (κ2) is 8.32. The quantitative estimate of drug-likeness (QED) is 0.485. The molecular weight excluding hydrogens is 403 g/mol. The van der Waals surface area contributed by atoms with Gasteiger partial charge in [-0.1, -0.05) is 0 Å². The minimum atomic E-state index is -0.602. The van der Waals surface area contributed by atoms with Crippen molar-refractivity contribution in [3.8, 4) is 11.5 Å². The third-order valence-electron chi connectivity index (χ3n) is 4.23. The summed E-state index contributed by atoms with van der Waals surface area (Å²) in [6.45, 7) is 0.704. The summed E-state index contributed by atoms with van der Waals surface area (Å²) in [5, 5.41) is 6.63. The van der Waals surface area contributed by atoms with Gasteiger partial charge in [-0.3, -0.25) is 14.8 Å². The van der Waals surface area contributed by atoms with E-state index in [1.165, 1.54) is 12.4 Å². The number of hydrogen-bond acceptors (Lipinski definition) is 8. The van der Waals surface area contributed by atoms with Crippen LogP contribution in [0.3, 0.4) is 0 Å². The monoisotopic (exact) mass is 422 g/mol. The standard InChI is InChI=1S/C20H19FN8O2/c1-28(2)11-13-3-4-14(8-24-13)31-16-5-6-23-9-15(16)26-20(30)17-18(22)27-29-10-12(21)7-25-19(17)29/h3-10H,11H2,1-2H3,(H2,22,27)(H,26,30). The molecule has 0 saturated carbocycles. The van der Waals surface area contributed by atoms with Crippen LogP contribution in [0, 0.1) is 5.82 Å². The fraction of sp³-hybridized carbons (Fsp3) is 0.150. The molecule has 158 valence electrons. The molecule has 4 heterocycles. The first-order chi connectivity index (χ1) is 14.9. The van der Waals surface area contributed by atoms with Crippen molar-refractivity contribution in [1.29, 1.82) is 0 Å². The van der Waals surface area contributed by atoms with Gasteiger partial charge in [-0.15, -0.1) is 5.10 Å². The van der Waals surface area contributed by atoms with Gasteiger partial charge in [-0.25, -0.2) is 13.9 Å². The number of hydrogen-bond donors (Lipinski definition) is 2. The molecule has 31 heavy (non-hydrogen) atoms. The molecule has 0 radical (unpaired) electrons. The van der Waals surface area contributed by atoms with Crippen LogP contribution in [0.25, 0.3) is 5.65 Å². The van der Waals surface area contributed by atoms with Crippen molar-refractivity contribution in [2.45, 2.75) is 6.54 Å². The van der Waals surface area contributed by atoms with Crippen molar-refractivity contribution in [3.05, 3.63) is 66.3 Å². The highest BCUT2D eigenvalue weighted by Gasteiger charge is 2.21. The number of halogens is 1. The molecular formula is C20H19FN8O2. The summed E-state index contributed by atoms with van der Waals surface area (Å²) < 4.78 is 20.4. The SMILES string of the molecule is CN(C)Cc1ccc(Oc2ccncc2NC(=O)c2c(N)nn3cc(F)cnc23)cn1. The molecule has 10 nitrogen and oxygen atoms in total. The fourth-order valence-electron chi connectivity index (χ4n) is 2.91. The zero-order valence-electron chi connectivity index (χ0n) is 16.8. The van der Waals surface area contributed by atoms with E-state index < -0.39 is 11.7 Å². The number of amides is 1. The van der Waals surface area contributed by atoms with Crippen molar-refractivity contribution in [2.75, 3.05) is 25.1 Å². The normalized spacial score (nSPS) is 11.1. The van der Waals surface area contributed by atoms with Crippen molar-refractivity contribution < 1.29 is 13.9 Å². The highest BCUT2D eigenvalue weighted by Crippen LogP contribution is 2.29. The molecule has 0 spiro atoms. The average molecular weight is 422 g/mol. The molecule has 1 amide bonds. The number of carbonyl (C=O) groups excluding carboxylic acids is 1. The number of nitrogens with zero attached hydrogens (tertiary/aromatic N) is 6. The van der Waals surface area contributed by atoms with Gasteiger partial charge in [0.05, 0.1) is 30.5 Å². The minimum absolute atomic E-state index is 0.0181. The Morgan fingerprint density at radius 3 is 2.81 bits per heavy atom. The van der Waals surface area contributed by atoms with Crippen LogP contribution in [-0.4, -0.2) is 49.5 Å². The molecule has 0 unspecified atom stereocenters. The maximum Gasteiger partial charge on any atom is 0.263 e. The maximum absolute atomic E-state index is 13.4. The van der Waals surface area contributed by atoms with Crippen LogP contribution in [0.4, 0.5) is 15.9 Å². The van der Waals surface area contributed by atoms with E-state index in [1.807, 2.05) is 25.1 Å². The van der Waals surface area contributed by atoms with Crippen LogP contribution in [0.5, 0.6) is 11.5 Å². The number of nitrogens with one attached hydrogen (secondary N) is 1. The predicted octanol–water partition coefficient (Wildman–Crippen LogP) is 2.35. The van der Waals surface area contributed by atoms with E-state index >= 15 is 0 Å². The van der Waals surface area contributed by atoms with Gasteiger partial charge in [-0.2, -0.15) is 0 Å². The zero-order valence-corrected chi connectivity index (χ0v) is 16.8. The molecule has 0 aliphatic heterocycles. The van der Waals surface area contributed by atoms with Crippen LogP contribution >= 0.6 is 0 Å². The van der Waals surface area contributed by atoms with Crippen LogP contribution in [0.15, 0.2) is 49.2 Å². The van der Waals surface area contributed by atoms with E-state index in [-0.39, 0.29) is 17.0 Å². The number of carbonyl (C=O) groups is 1. The number of nitrogens with two attached hydrogens (primary N) is 1. The number of anilines is 2. The molecule has 11 heteroatoms. The number of aromatic nitrogens is 5. The lowest BCUT2D eigenvalue weighted by molar-refractivity contribution is 0.102. The number of nitrogen functional groups attached to an aromatic ring is 1. The van der Waals surface area contributed by atoms with Gasteiger partial charge in [0.1, 0.15) is 17.0 Å². The van der Waals surface area contributed by atoms with Crippen LogP contribution in [-0.2, 0) is 6.54 Å². The Labute approximate surface area is 176 Å². The van der Waals surface area contributed by atoms with E-state index in [9.17, 15) is 9.18 Å². The lowest BCUT2D eigenvalue weighted by Gasteiger charge is -2.12. The molecule has 0 aliphatic carbocycles. The van der Waals surface area contributed by atoms with Crippen molar-refractivity contribution in [2.24, 2.45) is 0 Å². The summed E-state index contributed by atoms with van der Waals surface area (Å²) in [5.74, 6) is -0.405. The summed E-state index contributed by atoms with van der Waals surface area (Å²) in [6, 6.07) is 5.26. The number of fused-ring (bicyclic) bond motifs is 1. The third-order valence-corrected chi connectivity index (χ3v) is 4.23. The molecule has 4 rings (SSSR count). The smallest absolute Gasteiger partial charge is 0.263 e. The van der Waals surface area contributed by atoms with Gasteiger partial charge < -0.3 is 20.7 Å². The molecule has 0 fully saturated rings. The largest absolute Gasteiger partial charge is 0.453 e. The fourth-order valence-corrected chi connectivity index (χ4v) is 2.91. The van der Waals surface area contributed by atoms with E-state index in [0.717, 1.165) is 22.6 Å². The van der Waals surface area contributed by atoms with Gasteiger partial charge >= 0.3 is 0 Å². The topological polar surface area (TPSA) is 124 Å². The van der Waals surface area contributed by atoms with Gasteiger partial charge in [-0.05, 0) is 26.2 Å². The lowest BCUT2D eigenvalue weighted by atomic mass is 10.2. The van der Waals surface area contributed by atoms with Gasteiger partial charge in [0.2, 0.25) is 0 Å². The van der Waals surface area contributed by atoms with E-state index in [0.29, 0.717) is 23.7 Å². The molecule has 4 aromatic heterocycles. The van der Waals surface area contributed by atoms with E-state index in [1.54, 1.807) is 18.3 Å². The zero-order chi connectivity index (χ0) is 22.0. The predicted molar refractivity (Wildman–Crippen MR) is 111 cm³/mol. The van der Waals surface area contributed by atoms with Crippen LogP contribution in [0.2, 0.25) is 0 Å². The Morgan fingerprint density at radius 2 is 2.06 bits per heavy atom. The Kier molecular flexibility index (Phi) is 5.41. The lowest BCUT2D eigenvalue weighted by Crippen LogP contribution is -2.14. The molecule has 0 atom stereocenters. The summed E-state index contributed by atoms with van der Waals surface area (Å²) in [5.41, 5.74) is 7.21. The van der Waals surface area contributed by atoms with Gasteiger partial charge in [0.15, 0.2) is 23.0 Å². The van der Waals surface area contributed by atoms with Crippen LogP contribution < -0.4 is 15.8 Å². The minimum Gasteiger partial charge on any atom is -0.453 e. The first-order valence-corrected chi connectivity index (χ1v) is 9.23. The van der Waals surface area contributed by atoms with E-state index in [4.69, 9.17) is 10.5 Å². The number of rotatable bonds is 6. The molecule has 0 aromatic carbocycles. The molecule has 0 saturated heterocycles. The second-order valence-electron chi connectivity index (χ2n) is 6.95. The van der Waals surface area contributed by atoms with Crippen LogP contribution in [0.1, 0.15) is 16.1 Å². The first kappa shape index (κ1) is 20.2. The van der Waals surface area contributed by atoms with Crippen molar-refractivity contribution in [1.82, 2.24) is 29.5 Å². The third kappa shape index (κ3) is 4.41. The van der Waals surface area contributed by atoms with Crippen molar-refractivity contribution in [3.63, 3.8) is 0 Å². The van der Waals surface area contributed by atoms with Gasteiger partial charge in [0, 0.05) is 18.8 Å². The Balaban J connectivity index is 1.57. The molecule has 0 aliphatic rings. The Morgan fingerprint density at radius 1 is 1.23 bits per heavy atom. The highest BCUT2D eigenvalue weighted by atomic mass is 19.1. The average Bonchev–Trinajstić information content (AvgIpc) is 3.05.